The number of β-amino-alcohol motifs (C(OH)–C–C–N with tert-alkyl or cyclic N) is 1. The van der Waals surface area contributed by atoms with Crippen LogP contribution in [0.1, 0.15) is 28.6 Å². The van der Waals surface area contributed by atoms with E-state index in [1.807, 2.05) is 6.07 Å². The molecule has 0 bridgehead atoms. The second-order valence-corrected chi connectivity index (χ2v) is 6.04. The summed E-state index contributed by atoms with van der Waals surface area (Å²) in [4.78, 5) is 18.6. The molecule has 126 valence electrons. The van der Waals surface area contributed by atoms with Crippen LogP contribution in [-0.2, 0) is 0 Å². The highest BCUT2D eigenvalue weighted by Gasteiger charge is 2.37. The maximum atomic E-state index is 13.5. The Morgan fingerprint density at radius 3 is 2.72 bits per heavy atom. The summed E-state index contributed by atoms with van der Waals surface area (Å²) in [7, 11) is 0. The molecule has 4 rings (SSSR count). The van der Waals surface area contributed by atoms with Crippen LogP contribution in [0, 0.1) is 5.82 Å². The SMILES string of the molecule is O=C(c1nnc2ccccc2n1)N1C[C@H](O)C[C@@H]1c1cccc(F)c1. The van der Waals surface area contributed by atoms with E-state index in [1.165, 1.54) is 17.0 Å². The van der Waals surface area contributed by atoms with Crippen molar-refractivity contribution in [2.24, 2.45) is 0 Å². The van der Waals surface area contributed by atoms with E-state index >= 15 is 0 Å². The topological polar surface area (TPSA) is 79.2 Å². The van der Waals surface area contributed by atoms with Crippen LogP contribution >= 0.6 is 0 Å². The van der Waals surface area contributed by atoms with Crippen LogP contribution in [-0.4, -0.2) is 43.7 Å². The molecule has 25 heavy (non-hydrogen) atoms. The van der Waals surface area contributed by atoms with Gasteiger partial charge in [0.25, 0.3) is 5.91 Å². The standard InChI is InChI=1S/C18H15FN4O2/c19-12-5-3-4-11(8-12)16-9-13(24)10-23(16)18(25)17-20-14-6-1-2-7-15(14)21-22-17/h1-8,13,16,24H,9-10H2/t13-,16-/m1/s1. The van der Waals surface area contributed by atoms with E-state index in [1.54, 1.807) is 30.3 Å². The Morgan fingerprint density at radius 1 is 1.12 bits per heavy atom. The van der Waals surface area contributed by atoms with Gasteiger partial charge in [-0.2, -0.15) is 0 Å². The summed E-state index contributed by atoms with van der Waals surface area (Å²) >= 11 is 0. The summed E-state index contributed by atoms with van der Waals surface area (Å²) in [6, 6.07) is 12.8. The predicted octanol–water partition coefficient (Wildman–Crippen LogP) is 2.11. The number of carbonyl (C=O) groups is 1. The van der Waals surface area contributed by atoms with E-state index < -0.39 is 18.1 Å². The molecule has 0 saturated carbocycles. The molecule has 6 nitrogen and oxygen atoms in total. The van der Waals surface area contributed by atoms with Gasteiger partial charge in [-0.1, -0.05) is 24.3 Å². The van der Waals surface area contributed by atoms with Gasteiger partial charge in [0.2, 0.25) is 5.82 Å². The van der Waals surface area contributed by atoms with Gasteiger partial charge in [-0.3, -0.25) is 4.79 Å². The van der Waals surface area contributed by atoms with E-state index in [4.69, 9.17) is 0 Å². The van der Waals surface area contributed by atoms with Crippen molar-refractivity contribution in [3.63, 3.8) is 0 Å². The molecule has 0 spiro atoms. The van der Waals surface area contributed by atoms with Crippen molar-refractivity contribution in [3.8, 4) is 0 Å². The van der Waals surface area contributed by atoms with Gasteiger partial charge >= 0.3 is 0 Å². The maximum Gasteiger partial charge on any atom is 0.294 e. The van der Waals surface area contributed by atoms with Gasteiger partial charge in [-0.05, 0) is 36.2 Å². The number of aromatic nitrogens is 3. The van der Waals surface area contributed by atoms with Crippen LogP contribution in [0.15, 0.2) is 48.5 Å². The number of halogens is 1. The molecular weight excluding hydrogens is 323 g/mol. The zero-order valence-corrected chi connectivity index (χ0v) is 13.2. The molecule has 0 aliphatic carbocycles. The van der Waals surface area contributed by atoms with Crippen molar-refractivity contribution in [3.05, 3.63) is 65.7 Å². The Bertz CT molecular complexity index is 949. The summed E-state index contributed by atoms with van der Waals surface area (Å²) in [5.74, 6) is -0.840. The molecule has 2 aromatic carbocycles. The average Bonchev–Trinajstić information content (AvgIpc) is 3.02. The first kappa shape index (κ1) is 15.6. The fourth-order valence-electron chi connectivity index (χ4n) is 3.17. The van der Waals surface area contributed by atoms with Crippen molar-refractivity contribution < 1.29 is 14.3 Å². The third kappa shape index (κ3) is 2.94. The Morgan fingerprint density at radius 2 is 1.92 bits per heavy atom. The molecule has 1 fully saturated rings. The summed E-state index contributed by atoms with van der Waals surface area (Å²) in [5, 5.41) is 18.0. The highest BCUT2D eigenvalue weighted by molar-refractivity contribution is 5.92. The summed E-state index contributed by atoms with van der Waals surface area (Å²) in [5.41, 5.74) is 1.81. The number of rotatable bonds is 2. The first-order valence-corrected chi connectivity index (χ1v) is 7.96. The zero-order chi connectivity index (χ0) is 17.4. The monoisotopic (exact) mass is 338 g/mol. The Labute approximate surface area is 142 Å². The van der Waals surface area contributed by atoms with Gasteiger partial charge in [-0.15, -0.1) is 10.2 Å². The quantitative estimate of drug-likeness (QED) is 0.774. The molecular formula is C18H15FN4O2. The lowest BCUT2D eigenvalue weighted by Gasteiger charge is -2.23. The Kier molecular flexibility index (Phi) is 3.85. The molecule has 2 heterocycles. The number of nitrogens with zero attached hydrogens (tertiary/aromatic N) is 4. The minimum atomic E-state index is -0.675. The maximum absolute atomic E-state index is 13.5. The van der Waals surface area contributed by atoms with E-state index in [0.29, 0.717) is 23.0 Å². The van der Waals surface area contributed by atoms with E-state index in [2.05, 4.69) is 15.2 Å². The van der Waals surface area contributed by atoms with Crippen LogP contribution in [0.25, 0.3) is 11.0 Å². The second-order valence-electron chi connectivity index (χ2n) is 6.04. The third-order valence-electron chi connectivity index (χ3n) is 4.33. The number of hydrogen-bond donors (Lipinski definition) is 1. The van der Waals surface area contributed by atoms with Crippen LogP contribution in [0.4, 0.5) is 4.39 Å². The van der Waals surface area contributed by atoms with Crippen molar-refractivity contribution in [1.82, 2.24) is 20.1 Å². The lowest BCUT2D eigenvalue weighted by molar-refractivity contribution is 0.0702. The van der Waals surface area contributed by atoms with Gasteiger partial charge in [0.15, 0.2) is 0 Å². The van der Waals surface area contributed by atoms with E-state index in [-0.39, 0.29) is 18.2 Å². The molecule has 3 aromatic rings. The minimum Gasteiger partial charge on any atom is -0.391 e. The fourth-order valence-corrected chi connectivity index (χ4v) is 3.17. The van der Waals surface area contributed by atoms with E-state index in [0.717, 1.165) is 0 Å². The summed E-state index contributed by atoms with van der Waals surface area (Å²) in [6.45, 7) is 0.149. The number of hydrogen-bond acceptors (Lipinski definition) is 5. The van der Waals surface area contributed by atoms with Gasteiger partial charge in [-0.25, -0.2) is 9.37 Å². The molecule has 7 heteroatoms. The number of amides is 1. The van der Waals surface area contributed by atoms with Crippen LogP contribution in [0.2, 0.25) is 0 Å². The smallest absolute Gasteiger partial charge is 0.294 e. The van der Waals surface area contributed by atoms with E-state index in [9.17, 15) is 14.3 Å². The molecule has 0 unspecified atom stereocenters. The Hall–Kier alpha value is -2.93. The number of benzene rings is 2. The molecule has 1 aromatic heterocycles. The first-order valence-electron chi connectivity index (χ1n) is 7.96. The minimum absolute atomic E-state index is 0.0331. The van der Waals surface area contributed by atoms with Gasteiger partial charge in [0.1, 0.15) is 11.3 Å². The van der Waals surface area contributed by atoms with Crippen LogP contribution in [0.5, 0.6) is 0 Å². The molecule has 1 amide bonds. The molecule has 1 N–H and O–H groups in total. The third-order valence-corrected chi connectivity index (χ3v) is 4.33. The molecule has 1 saturated heterocycles. The fraction of sp³-hybridized carbons (Fsp3) is 0.222. The number of aliphatic hydroxyl groups excluding tert-OH is 1. The largest absolute Gasteiger partial charge is 0.391 e. The van der Waals surface area contributed by atoms with Crippen molar-refractivity contribution in [2.75, 3.05) is 6.54 Å². The molecule has 0 radical (unpaired) electrons. The van der Waals surface area contributed by atoms with Crippen molar-refractivity contribution in [2.45, 2.75) is 18.6 Å². The van der Waals surface area contributed by atoms with Crippen molar-refractivity contribution >= 4 is 16.9 Å². The average molecular weight is 338 g/mol. The Balaban J connectivity index is 1.69. The van der Waals surface area contributed by atoms with Gasteiger partial charge in [0, 0.05) is 6.54 Å². The highest BCUT2D eigenvalue weighted by Crippen LogP contribution is 2.33. The number of para-hydroxylation sites is 1. The number of fused-ring (bicyclic) bond motifs is 1. The van der Waals surface area contributed by atoms with Gasteiger partial charge < -0.3 is 10.0 Å². The first-order chi connectivity index (χ1) is 12.1. The highest BCUT2D eigenvalue weighted by atomic mass is 19.1. The molecule has 1 aliphatic rings. The summed E-state index contributed by atoms with van der Waals surface area (Å²) < 4.78 is 13.5. The van der Waals surface area contributed by atoms with Crippen molar-refractivity contribution in [1.29, 1.82) is 0 Å². The second kappa shape index (κ2) is 6.18. The lowest BCUT2D eigenvalue weighted by Crippen LogP contribution is -2.33. The number of likely N-dealkylation sites (tertiary alicyclic amines) is 1. The van der Waals surface area contributed by atoms with Gasteiger partial charge in [0.05, 0.1) is 17.7 Å². The summed E-state index contributed by atoms with van der Waals surface area (Å²) in [6.07, 6.45) is -0.332. The number of carbonyl (C=O) groups excluding carboxylic acids is 1. The van der Waals surface area contributed by atoms with Crippen LogP contribution in [0.3, 0.4) is 0 Å². The predicted molar refractivity (Wildman–Crippen MR) is 88.1 cm³/mol. The van der Waals surface area contributed by atoms with Crippen LogP contribution < -0.4 is 0 Å². The lowest BCUT2D eigenvalue weighted by atomic mass is 10.0. The molecule has 2 atom stereocenters. The normalized spacial score (nSPS) is 20.2. The molecule has 1 aliphatic heterocycles. The zero-order valence-electron chi connectivity index (χ0n) is 13.2. The number of aliphatic hydroxyl groups is 1.